The molecule has 126 valence electrons. The molecule has 1 unspecified atom stereocenters. The van der Waals surface area contributed by atoms with Gasteiger partial charge in [0.25, 0.3) is 5.91 Å². The number of ketones is 1. The van der Waals surface area contributed by atoms with Gasteiger partial charge in [-0.15, -0.1) is 0 Å². The van der Waals surface area contributed by atoms with Crippen LogP contribution in [0.3, 0.4) is 0 Å². The lowest BCUT2D eigenvalue weighted by Crippen LogP contribution is -2.50. The van der Waals surface area contributed by atoms with Crippen molar-refractivity contribution >= 4 is 35.1 Å². The summed E-state index contributed by atoms with van der Waals surface area (Å²) in [7, 11) is 0. The van der Waals surface area contributed by atoms with Crippen molar-refractivity contribution < 1.29 is 9.59 Å². The molecule has 2 aromatic carbocycles. The maximum Gasteiger partial charge on any atom is 0.260 e. The number of nitrogens with zero attached hydrogens (tertiary/aromatic N) is 2. The quantitative estimate of drug-likeness (QED) is 0.751. The third-order valence-corrected chi connectivity index (χ3v) is 5.02. The van der Waals surface area contributed by atoms with Crippen LogP contribution in [0.25, 0.3) is 17.3 Å². The molecule has 3 aromatic rings. The molecule has 6 heteroatoms. The highest BCUT2D eigenvalue weighted by Gasteiger charge is 2.43. The lowest BCUT2D eigenvalue weighted by molar-refractivity contribution is 0.0885. The van der Waals surface area contributed by atoms with E-state index in [1.54, 1.807) is 42.6 Å². The Labute approximate surface area is 153 Å². The first kappa shape index (κ1) is 15.1. The van der Waals surface area contributed by atoms with Crippen molar-refractivity contribution in [2.75, 3.05) is 4.90 Å². The number of H-pyrrole nitrogens is 1. The Bertz CT molecular complexity index is 1100. The van der Waals surface area contributed by atoms with E-state index in [0.29, 0.717) is 33.1 Å². The number of aromatic nitrogens is 2. The molecule has 1 aliphatic carbocycles. The average molecular weight is 362 g/mol. The topological polar surface area (TPSA) is 66.1 Å². The van der Waals surface area contributed by atoms with Crippen molar-refractivity contribution in [1.29, 1.82) is 0 Å². The summed E-state index contributed by atoms with van der Waals surface area (Å²) in [4.78, 5) is 28.1. The summed E-state index contributed by atoms with van der Waals surface area (Å²) in [6.07, 6.45) is 5.35. The Morgan fingerprint density at radius 1 is 1.08 bits per heavy atom. The van der Waals surface area contributed by atoms with E-state index in [-0.39, 0.29) is 11.7 Å². The zero-order chi connectivity index (χ0) is 17.8. The van der Waals surface area contributed by atoms with Crippen molar-refractivity contribution in [3.05, 3.63) is 76.5 Å². The number of nitrogens with one attached hydrogen (secondary N) is 1. The van der Waals surface area contributed by atoms with Crippen LogP contribution in [-0.4, -0.2) is 27.9 Å². The molecule has 2 aliphatic rings. The molecular formula is C20H12ClN3O2. The van der Waals surface area contributed by atoms with Gasteiger partial charge in [0.2, 0.25) is 0 Å². The van der Waals surface area contributed by atoms with Gasteiger partial charge in [0, 0.05) is 28.0 Å². The number of halogens is 1. The monoisotopic (exact) mass is 361 g/mol. The lowest BCUT2D eigenvalue weighted by atomic mass is 9.81. The first-order chi connectivity index (χ1) is 12.6. The van der Waals surface area contributed by atoms with E-state index in [1.807, 2.05) is 18.2 Å². The largest absolute Gasteiger partial charge is 0.294 e. The summed E-state index contributed by atoms with van der Waals surface area (Å²) in [6, 6.07) is 11.8. The van der Waals surface area contributed by atoms with Gasteiger partial charge < -0.3 is 0 Å². The molecule has 0 radical (unpaired) electrons. The molecule has 1 aromatic heterocycles. The highest BCUT2D eigenvalue weighted by molar-refractivity contribution is 6.31. The SMILES string of the molecule is O=C1c2c3ccc(-c4cc[nH]n4)c2C(=O)N(c2cccc(Cl)c2)C1C=C3. The number of amides is 1. The van der Waals surface area contributed by atoms with Crippen molar-refractivity contribution in [2.45, 2.75) is 6.04 Å². The van der Waals surface area contributed by atoms with Crippen LogP contribution in [0.2, 0.25) is 5.02 Å². The fourth-order valence-electron chi connectivity index (χ4n) is 3.65. The summed E-state index contributed by atoms with van der Waals surface area (Å²) in [5.41, 5.74) is 3.49. The molecule has 0 saturated heterocycles. The first-order valence-corrected chi connectivity index (χ1v) is 8.51. The fraction of sp³-hybridized carbons (Fsp3) is 0.0500. The number of aromatic amines is 1. The van der Waals surface area contributed by atoms with Gasteiger partial charge in [0.05, 0.1) is 11.3 Å². The van der Waals surface area contributed by atoms with E-state index in [0.717, 1.165) is 5.56 Å². The maximum atomic E-state index is 13.4. The Morgan fingerprint density at radius 2 is 1.96 bits per heavy atom. The minimum atomic E-state index is -0.657. The van der Waals surface area contributed by atoms with Crippen LogP contribution >= 0.6 is 11.6 Å². The van der Waals surface area contributed by atoms with Crippen LogP contribution < -0.4 is 4.90 Å². The highest BCUT2D eigenvalue weighted by Crippen LogP contribution is 2.39. The van der Waals surface area contributed by atoms with Crippen molar-refractivity contribution in [3.8, 4) is 11.3 Å². The third kappa shape index (κ3) is 2.01. The minimum Gasteiger partial charge on any atom is -0.294 e. The number of Topliss-reactive ketones (excluding diaryl/α,β-unsaturated/α-hetero) is 1. The molecule has 5 rings (SSSR count). The Balaban J connectivity index is 1.79. The van der Waals surface area contributed by atoms with Crippen LogP contribution in [0.1, 0.15) is 26.3 Å². The molecule has 2 heterocycles. The Hall–Kier alpha value is -3.18. The zero-order valence-corrected chi connectivity index (χ0v) is 14.2. The molecule has 5 nitrogen and oxygen atoms in total. The predicted octanol–water partition coefficient (Wildman–Crippen LogP) is 3.97. The van der Waals surface area contributed by atoms with Gasteiger partial charge in [0.1, 0.15) is 6.04 Å². The van der Waals surface area contributed by atoms with Gasteiger partial charge >= 0.3 is 0 Å². The van der Waals surface area contributed by atoms with Crippen molar-refractivity contribution in [1.82, 2.24) is 10.2 Å². The van der Waals surface area contributed by atoms with Crippen LogP contribution in [-0.2, 0) is 0 Å². The van der Waals surface area contributed by atoms with Gasteiger partial charge in [-0.05, 0) is 29.8 Å². The first-order valence-electron chi connectivity index (χ1n) is 8.14. The van der Waals surface area contributed by atoms with Gasteiger partial charge in [-0.2, -0.15) is 5.10 Å². The number of benzene rings is 2. The standard InChI is InChI=1S/C20H12ClN3O2/c21-12-2-1-3-13(10-12)24-16-7-5-11-4-6-14(15-8-9-22-23-15)18(20(24)26)17(11)19(16)25/h1-10,16H,(H,22,23). The minimum absolute atomic E-state index is 0.0885. The predicted molar refractivity (Wildman–Crippen MR) is 99.4 cm³/mol. The van der Waals surface area contributed by atoms with Crippen molar-refractivity contribution in [2.24, 2.45) is 0 Å². The normalized spacial score (nSPS) is 17.7. The maximum absolute atomic E-state index is 13.4. The van der Waals surface area contributed by atoms with Gasteiger partial charge in [-0.25, -0.2) is 0 Å². The van der Waals surface area contributed by atoms with E-state index in [2.05, 4.69) is 10.2 Å². The second-order valence-electron chi connectivity index (χ2n) is 6.24. The van der Waals surface area contributed by atoms with E-state index >= 15 is 0 Å². The van der Waals surface area contributed by atoms with Gasteiger partial charge in [-0.3, -0.25) is 19.6 Å². The molecule has 1 amide bonds. The molecule has 1 N–H and O–H groups in total. The second kappa shape index (κ2) is 5.41. The second-order valence-corrected chi connectivity index (χ2v) is 6.67. The molecule has 0 fully saturated rings. The van der Waals surface area contributed by atoms with Crippen molar-refractivity contribution in [3.63, 3.8) is 0 Å². The van der Waals surface area contributed by atoms with Crippen LogP contribution in [0.15, 0.2) is 54.7 Å². The number of fused-ring (bicyclic) bond motifs is 1. The van der Waals surface area contributed by atoms with E-state index in [4.69, 9.17) is 11.6 Å². The van der Waals surface area contributed by atoms with E-state index in [9.17, 15) is 9.59 Å². The fourth-order valence-corrected chi connectivity index (χ4v) is 3.84. The summed E-state index contributed by atoms with van der Waals surface area (Å²) in [5, 5.41) is 7.45. The van der Waals surface area contributed by atoms with E-state index in [1.165, 1.54) is 4.90 Å². The van der Waals surface area contributed by atoms with Gasteiger partial charge in [-0.1, -0.05) is 42.0 Å². The number of rotatable bonds is 2. The number of carbonyl (C=O) groups is 2. The average Bonchev–Trinajstić information content (AvgIpc) is 3.16. The summed E-state index contributed by atoms with van der Waals surface area (Å²) in [5.74, 6) is -0.314. The zero-order valence-electron chi connectivity index (χ0n) is 13.4. The Morgan fingerprint density at radius 3 is 2.73 bits per heavy atom. The molecule has 0 spiro atoms. The molecule has 1 aliphatic heterocycles. The number of hydrogen-bond acceptors (Lipinski definition) is 3. The van der Waals surface area contributed by atoms with E-state index < -0.39 is 6.04 Å². The number of carbonyl (C=O) groups excluding carboxylic acids is 2. The van der Waals surface area contributed by atoms with Crippen LogP contribution in [0.5, 0.6) is 0 Å². The summed E-state index contributed by atoms with van der Waals surface area (Å²) >= 11 is 6.11. The highest BCUT2D eigenvalue weighted by atomic mass is 35.5. The van der Waals surface area contributed by atoms with Crippen LogP contribution in [0, 0.1) is 0 Å². The lowest BCUT2D eigenvalue weighted by Gasteiger charge is -2.37. The molecule has 26 heavy (non-hydrogen) atoms. The molecule has 1 atom stereocenters. The Kier molecular flexibility index (Phi) is 3.14. The molecule has 2 bridgehead atoms. The van der Waals surface area contributed by atoms with Gasteiger partial charge in [0.15, 0.2) is 5.78 Å². The number of anilines is 1. The molecule has 0 saturated carbocycles. The number of hydrogen-bond donors (Lipinski definition) is 1. The van der Waals surface area contributed by atoms with Crippen LogP contribution in [0.4, 0.5) is 5.69 Å². The summed E-state index contributed by atoms with van der Waals surface area (Å²) in [6.45, 7) is 0. The molecular weight excluding hydrogens is 350 g/mol. The third-order valence-electron chi connectivity index (χ3n) is 4.78. The summed E-state index contributed by atoms with van der Waals surface area (Å²) < 4.78 is 0. The smallest absolute Gasteiger partial charge is 0.260 e.